The number of fused-ring (bicyclic) bond motifs is 1. The lowest BCUT2D eigenvalue weighted by atomic mass is 9.73. The Morgan fingerprint density at radius 3 is 2.39 bits per heavy atom. The Morgan fingerprint density at radius 2 is 1.74 bits per heavy atom. The van der Waals surface area contributed by atoms with Crippen molar-refractivity contribution in [3.05, 3.63) is 66.2 Å². The highest BCUT2D eigenvalue weighted by Gasteiger charge is 2.53. The summed E-state index contributed by atoms with van der Waals surface area (Å²) in [4.78, 5) is 41.6. The molecule has 3 amide bonds. The Balaban J connectivity index is 1.53. The van der Waals surface area contributed by atoms with Crippen LogP contribution in [-0.4, -0.2) is 71.9 Å². The number of carbonyl (C=O) groups is 3. The highest BCUT2D eigenvalue weighted by Crippen LogP contribution is 2.38. The number of likely N-dealkylation sites (tertiary alicyclic amines) is 1. The molecule has 0 saturated carbocycles. The number of hydrogen-bond donors (Lipinski definition) is 1. The van der Waals surface area contributed by atoms with Gasteiger partial charge >= 0.3 is 6.09 Å². The van der Waals surface area contributed by atoms with Crippen molar-refractivity contribution in [1.29, 1.82) is 0 Å². The first kappa shape index (κ1) is 27.2. The second kappa shape index (κ2) is 11.2. The SMILES string of the molecule is CN1N=C2CCN(C(=O)[C@@H](CCOc3ccccc3)NC(=O)OC(C)(C)C)C[C@@]2(Cc2ccccc2)C1=O. The number of piperidine rings is 1. The van der Waals surface area contributed by atoms with Crippen molar-refractivity contribution in [2.45, 2.75) is 51.7 Å². The highest BCUT2D eigenvalue weighted by molar-refractivity contribution is 6.13. The molecule has 2 heterocycles. The molecule has 0 aliphatic carbocycles. The van der Waals surface area contributed by atoms with E-state index >= 15 is 0 Å². The van der Waals surface area contributed by atoms with Gasteiger partial charge in [0.15, 0.2) is 0 Å². The van der Waals surface area contributed by atoms with Gasteiger partial charge in [0.25, 0.3) is 5.91 Å². The lowest BCUT2D eigenvalue weighted by molar-refractivity contribution is -0.141. The average molecular weight is 521 g/mol. The third-order valence-corrected chi connectivity index (χ3v) is 6.67. The Morgan fingerprint density at radius 1 is 1.08 bits per heavy atom. The Bertz CT molecular complexity index is 1180. The summed E-state index contributed by atoms with van der Waals surface area (Å²) in [7, 11) is 1.65. The average Bonchev–Trinajstić information content (AvgIpc) is 3.12. The van der Waals surface area contributed by atoms with Crippen LogP contribution in [0, 0.1) is 5.41 Å². The molecule has 0 radical (unpaired) electrons. The van der Waals surface area contributed by atoms with Crippen molar-refractivity contribution in [2.24, 2.45) is 10.5 Å². The number of alkyl carbamates (subject to hydrolysis) is 1. The zero-order valence-electron chi connectivity index (χ0n) is 22.5. The summed E-state index contributed by atoms with van der Waals surface area (Å²) in [5.41, 5.74) is 0.149. The van der Waals surface area contributed by atoms with E-state index in [0.29, 0.717) is 25.1 Å². The van der Waals surface area contributed by atoms with Gasteiger partial charge in [-0.05, 0) is 44.9 Å². The maximum atomic E-state index is 13.8. The summed E-state index contributed by atoms with van der Waals surface area (Å²) in [5.74, 6) is 0.274. The summed E-state index contributed by atoms with van der Waals surface area (Å²) >= 11 is 0. The first-order valence-corrected chi connectivity index (χ1v) is 12.9. The molecular weight excluding hydrogens is 484 g/mol. The molecule has 4 rings (SSSR count). The van der Waals surface area contributed by atoms with E-state index in [1.807, 2.05) is 60.7 Å². The molecule has 0 spiro atoms. The van der Waals surface area contributed by atoms with Gasteiger partial charge in [0.2, 0.25) is 5.91 Å². The number of nitrogens with zero attached hydrogens (tertiary/aromatic N) is 3. The van der Waals surface area contributed by atoms with E-state index in [9.17, 15) is 14.4 Å². The van der Waals surface area contributed by atoms with Gasteiger partial charge in [-0.3, -0.25) is 9.59 Å². The van der Waals surface area contributed by atoms with Gasteiger partial charge in [0.1, 0.15) is 22.8 Å². The van der Waals surface area contributed by atoms with Crippen LogP contribution in [0.2, 0.25) is 0 Å². The molecule has 1 N–H and O–H groups in total. The zero-order valence-corrected chi connectivity index (χ0v) is 22.5. The molecular formula is C29H36N4O5. The number of amides is 3. The molecule has 9 heteroatoms. The Hall–Kier alpha value is -3.88. The molecule has 0 bridgehead atoms. The van der Waals surface area contributed by atoms with Crippen molar-refractivity contribution in [3.63, 3.8) is 0 Å². The first-order chi connectivity index (χ1) is 18.1. The quantitative estimate of drug-likeness (QED) is 0.573. The van der Waals surface area contributed by atoms with Crippen molar-refractivity contribution >= 4 is 23.6 Å². The number of carbonyl (C=O) groups excluding carboxylic acids is 3. The van der Waals surface area contributed by atoms with Crippen LogP contribution in [0.3, 0.4) is 0 Å². The van der Waals surface area contributed by atoms with Crippen LogP contribution in [0.5, 0.6) is 5.75 Å². The van der Waals surface area contributed by atoms with E-state index < -0.39 is 23.2 Å². The summed E-state index contributed by atoms with van der Waals surface area (Å²) in [5, 5.41) is 8.65. The number of ether oxygens (including phenoxy) is 2. The fourth-order valence-electron chi connectivity index (χ4n) is 4.95. The maximum Gasteiger partial charge on any atom is 0.408 e. The molecule has 0 aromatic heterocycles. The zero-order chi connectivity index (χ0) is 27.3. The minimum absolute atomic E-state index is 0.127. The summed E-state index contributed by atoms with van der Waals surface area (Å²) in [6.45, 7) is 6.11. The van der Waals surface area contributed by atoms with Crippen LogP contribution in [0.15, 0.2) is 65.8 Å². The van der Waals surface area contributed by atoms with E-state index in [0.717, 1.165) is 11.3 Å². The number of hydrazone groups is 1. The van der Waals surface area contributed by atoms with E-state index in [1.165, 1.54) is 5.01 Å². The number of hydrogen-bond acceptors (Lipinski definition) is 6. The van der Waals surface area contributed by atoms with Crippen molar-refractivity contribution in [1.82, 2.24) is 15.2 Å². The molecule has 2 aliphatic heterocycles. The number of para-hydroxylation sites is 1. The Kier molecular flexibility index (Phi) is 8.04. The molecule has 38 heavy (non-hydrogen) atoms. The van der Waals surface area contributed by atoms with E-state index in [4.69, 9.17) is 9.47 Å². The van der Waals surface area contributed by atoms with Gasteiger partial charge in [0, 0.05) is 33.0 Å². The van der Waals surface area contributed by atoms with Gasteiger partial charge in [-0.15, -0.1) is 0 Å². The third-order valence-electron chi connectivity index (χ3n) is 6.67. The molecule has 1 saturated heterocycles. The lowest BCUT2D eigenvalue weighted by Gasteiger charge is -2.40. The standard InChI is InChI=1S/C29H36N4O5/c1-28(2,3)38-27(36)30-23(16-18-37-22-13-9-6-10-14-22)25(34)33-17-15-24-29(20-33,26(35)32(4)31-24)19-21-11-7-5-8-12-21/h5-14,23H,15-20H2,1-4H3,(H,30,36)/t23-,29-/m1/s1. The van der Waals surface area contributed by atoms with E-state index in [2.05, 4.69) is 10.4 Å². The van der Waals surface area contributed by atoms with Crippen LogP contribution in [0.4, 0.5) is 4.79 Å². The summed E-state index contributed by atoms with van der Waals surface area (Å²) < 4.78 is 11.2. The van der Waals surface area contributed by atoms with Crippen molar-refractivity contribution < 1.29 is 23.9 Å². The highest BCUT2D eigenvalue weighted by atomic mass is 16.6. The topological polar surface area (TPSA) is 101 Å². The van der Waals surface area contributed by atoms with Crippen molar-refractivity contribution in [2.75, 3.05) is 26.7 Å². The van der Waals surface area contributed by atoms with Crippen molar-refractivity contribution in [3.8, 4) is 5.75 Å². The van der Waals surface area contributed by atoms with Gasteiger partial charge < -0.3 is 19.7 Å². The minimum Gasteiger partial charge on any atom is -0.494 e. The summed E-state index contributed by atoms with van der Waals surface area (Å²) in [6.07, 6.45) is 0.490. The smallest absolute Gasteiger partial charge is 0.408 e. The first-order valence-electron chi connectivity index (χ1n) is 12.9. The normalized spacial score (nSPS) is 19.9. The van der Waals surface area contributed by atoms with Gasteiger partial charge in [-0.2, -0.15) is 5.10 Å². The maximum absolute atomic E-state index is 13.8. The molecule has 2 aliphatic rings. The molecule has 202 valence electrons. The van der Waals surface area contributed by atoms with E-state index in [-0.39, 0.29) is 31.4 Å². The van der Waals surface area contributed by atoms with Crippen LogP contribution in [0.25, 0.3) is 0 Å². The largest absolute Gasteiger partial charge is 0.494 e. The monoisotopic (exact) mass is 520 g/mol. The van der Waals surface area contributed by atoms with Gasteiger partial charge in [-0.1, -0.05) is 48.5 Å². The third kappa shape index (κ3) is 6.33. The number of benzene rings is 2. The fourth-order valence-corrected chi connectivity index (χ4v) is 4.95. The summed E-state index contributed by atoms with van der Waals surface area (Å²) in [6, 6.07) is 18.2. The van der Waals surface area contributed by atoms with Crippen LogP contribution in [0.1, 0.15) is 39.2 Å². The predicted octanol–water partition coefficient (Wildman–Crippen LogP) is 3.64. The number of nitrogens with one attached hydrogen (secondary N) is 1. The van der Waals surface area contributed by atoms with Crippen LogP contribution >= 0.6 is 0 Å². The Labute approximate surface area is 223 Å². The molecule has 2 atom stereocenters. The fraction of sp³-hybridized carbons (Fsp3) is 0.448. The second-order valence-corrected chi connectivity index (χ2v) is 10.8. The molecule has 2 aromatic rings. The van der Waals surface area contributed by atoms with Gasteiger partial charge in [0.05, 0.1) is 12.3 Å². The second-order valence-electron chi connectivity index (χ2n) is 10.8. The minimum atomic E-state index is -0.930. The number of rotatable bonds is 8. The molecule has 1 fully saturated rings. The molecule has 9 nitrogen and oxygen atoms in total. The molecule has 2 aromatic carbocycles. The van der Waals surface area contributed by atoms with Gasteiger partial charge in [-0.25, -0.2) is 9.80 Å². The van der Waals surface area contributed by atoms with Crippen LogP contribution < -0.4 is 10.1 Å². The van der Waals surface area contributed by atoms with Crippen LogP contribution in [-0.2, 0) is 20.7 Å². The predicted molar refractivity (Wildman–Crippen MR) is 144 cm³/mol. The van der Waals surface area contributed by atoms with E-state index in [1.54, 1.807) is 32.7 Å². The molecule has 0 unspecified atom stereocenters. The lowest BCUT2D eigenvalue weighted by Crippen LogP contribution is -2.59.